The predicted molar refractivity (Wildman–Crippen MR) is 113 cm³/mol. The molecule has 0 atom stereocenters. The Morgan fingerprint density at radius 1 is 1.00 bits per heavy atom. The molecule has 0 aliphatic heterocycles. The van der Waals surface area contributed by atoms with E-state index in [0.717, 1.165) is 93.5 Å². The average molecular weight is 398 g/mol. The quantitative estimate of drug-likeness (QED) is 0.260. The summed E-state index contributed by atoms with van der Waals surface area (Å²) in [5.41, 5.74) is 0. The van der Waals surface area contributed by atoms with Gasteiger partial charge in [0.05, 0.1) is 4.88 Å². The zero-order valence-electron chi connectivity index (χ0n) is 16.5. The fourth-order valence-corrected chi connectivity index (χ4v) is 3.48. The van der Waals surface area contributed by atoms with Crippen LogP contribution in [0.5, 0.6) is 5.88 Å². The van der Waals surface area contributed by atoms with E-state index in [0.29, 0.717) is 0 Å². The Morgan fingerprint density at radius 2 is 1.63 bits per heavy atom. The lowest BCUT2D eigenvalue weighted by Gasteiger charge is -2.06. The molecule has 1 aromatic rings. The van der Waals surface area contributed by atoms with Crippen LogP contribution in [0.15, 0.2) is 16.9 Å². The van der Waals surface area contributed by atoms with E-state index in [4.69, 9.17) is 0 Å². The summed E-state index contributed by atoms with van der Waals surface area (Å²) in [5, 5.41) is 15.3. The molecule has 0 aliphatic carbocycles. The minimum atomic E-state index is -0.187. The van der Waals surface area contributed by atoms with E-state index in [1.807, 2.05) is 0 Å². The van der Waals surface area contributed by atoms with E-state index in [1.54, 1.807) is 0 Å². The maximum Gasteiger partial charge on any atom is 0.314 e. The van der Waals surface area contributed by atoms with Gasteiger partial charge in [0, 0.05) is 13.1 Å². The number of hydrogen-bond acceptors (Lipinski definition) is 4. The van der Waals surface area contributed by atoms with Gasteiger partial charge in [0.15, 0.2) is 0 Å². The van der Waals surface area contributed by atoms with Gasteiger partial charge in [-0.2, -0.15) is 0 Å². The second kappa shape index (κ2) is 15.3. The molecule has 4 N–H and O–H groups in total. The summed E-state index contributed by atoms with van der Waals surface area (Å²) in [4.78, 5) is 25.6. The number of allylic oxidation sites excluding steroid dienone is 2. The molecule has 1 heterocycles. The molecule has 27 heavy (non-hydrogen) atoms. The molecular weight excluding hydrogens is 362 g/mol. The molecular formula is C20H35N3O3S. The van der Waals surface area contributed by atoms with Gasteiger partial charge in [-0.1, -0.05) is 49.7 Å². The maximum atomic E-state index is 11.5. The largest absolute Gasteiger partial charge is 0.494 e. The highest BCUT2D eigenvalue weighted by Crippen LogP contribution is 2.18. The van der Waals surface area contributed by atoms with E-state index < -0.39 is 0 Å². The first kappa shape index (κ1) is 23.3. The van der Waals surface area contributed by atoms with Crippen LogP contribution in [0.4, 0.5) is 4.79 Å². The van der Waals surface area contributed by atoms with E-state index >= 15 is 0 Å². The Balaban J connectivity index is 1.87. The third kappa shape index (κ3) is 12.3. The lowest BCUT2D eigenvalue weighted by molar-refractivity contribution is 0.240. The zero-order chi connectivity index (χ0) is 19.7. The number of aromatic nitrogens is 1. The Morgan fingerprint density at radius 3 is 2.22 bits per heavy atom. The van der Waals surface area contributed by atoms with Crippen LogP contribution in [-0.4, -0.2) is 29.2 Å². The monoisotopic (exact) mass is 397 g/mol. The smallest absolute Gasteiger partial charge is 0.314 e. The topological polar surface area (TPSA) is 94.2 Å². The molecule has 0 aliphatic rings. The van der Waals surface area contributed by atoms with Gasteiger partial charge in [0.1, 0.15) is 0 Å². The van der Waals surface area contributed by atoms with Crippen molar-refractivity contribution >= 4 is 17.4 Å². The standard InChI is InChI=1S/C20H35N3O3S/c1-2-3-12-15-21-19(25)22-16-13-10-8-6-4-5-7-9-11-14-17-18(24)23-20(26)27-17/h4,6,24H,2-3,5,7-16H2,1H3,(H,23,26)(H2,21,22,25). The summed E-state index contributed by atoms with van der Waals surface area (Å²) in [6.45, 7) is 3.64. The molecule has 1 rings (SSSR count). The number of rotatable bonds is 15. The van der Waals surface area contributed by atoms with Gasteiger partial charge in [-0.05, 0) is 51.4 Å². The van der Waals surface area contributed by atoms with Gasteiger partial charge in [0.25, 0.3) is 0 Å². The Bertz CT molecular complexity index is 596. The number of aromatic hydroxyl groups is 1. The predicted octanol–water partition coefficient (Wildman–Crippen LogP) is 4.46. The maximum absolute atomic E-state index is 11.5. The third-order valence-electron chi connectivity index (χ3n) is 4.29. The first-order chi connectivity index (χ1) is 13.1. The molecule has 0 saturated heterocycles. The van der Waals surface area contributed by atoms with Crippen LogP contribution in [-0.2, 0) is 6.42 Å². The number of H-pyrrole nitrogens is 1. The van der Waals surface area contributed by atoms with Gasteiger partial charge < -0.3 is 15.7 Å². The summed E-state index contributed by atoms with van der Waals surface area (Å²) >= 11 is 1.10. The van der Waals surface area contributed by atoms with Crippen LogP contribution in [0.2, 0.25) is 0 Å². The number of aryl methyl sites for hydroxylation is 1. The number of carbonyl (C=O) groups excluding carboxylic acids is 1. The average Bonchev–Trinajstić information content (AvgIpc) is 2.97. The van der Waals surface area contributed by atoms with Gasteiger partial charge in [-0.3, -0.25) is 9.78 Å². The van der Waals surface area contributed by atoms with Crippen LogP contribution in [0.25, 0.3) is 0 Å². The highest BCUT2D eigenvalue weighted by atomic mass is 32.1. The number of carbonyl (C=O) groups is 1. The van der Waals surface area contributed by atoms with Crippen LogP contribution < -0.4 is 15.5 Å². The Hall–Kier alpha value is -1.76. The van der Waals surface area contributed by atoms with Crippen molar-refractivity contribution in [2.24, 2.45) is 0 Å². The van der Waals surface area contributed by atoms with Crippen molar-refractivity contribution in [1.29, 1.82) is 0 Å². The van der Waals surface area contributed by atoms with Gasteiger partial charge in [-0.25, -0.2) is 4.79 Å². The molecule has 0 spiro atoms. The lowest BCUT2D eigenvalue weighted by Crippen LogP contribution is -2.36. The molecule has 0 bridgehead atoms. The van der Waals surface area contributed by atoms with Crippen molar-refractivity contribution in [3.8, 4) is 5.88 Å². The van der Waals surface area contributed by atoms with Gasteiger partial charge >= 0.3 is 10.9 Å². The summed E-state index contributed by atoms with van der Waals surface area (Å²) in [6.07, 6.45) is 16.0. The minimum absolute atomic E-state index is 0.0355. The summed E-state index contributed by atoms with van der Waals surface area (Å²) in [5.74, 6) is 0.0355. The van der Waals surface area contributed by atoms with Crippen molar-refractivity contribution in [2.45, 2.75) is 77.6 Å². The first-order valence-electron chi connectivity index (χ1n) is 10.2. The lowest BCUT2D eigenvalue weighted by atomic mass is 10.1. The highest BCUT2D eigenvalue weighted by molar-refractivity contribution is 7.09. The molecule has 0 fully saturated rings. The van der Waals surface area contributed by atoms with Crippen molar-refractivity contribution < 1.29 is 9.90 Å². The molecule has 6 nitrogen and oxygen atoms in total. The van der Waals surface area contributed by atoms with Gasteiger partial charge in [-0.15, -0.1) is 0 Å². The molecule has 0 unspecified atom stereocenters. The summed E-state index contributed by atoms with van der Waals surface area (Å²) < 4.78 is 0. The molecule has 0 aromatic carbocycles. The van der Waals surface area contributed by atoms with Crippen molar-refractivity contribution in [1.82, 2.24) is 15.6 Å². The number of hydrogen-bond donors (Lipinski definition) is 4. The molecule has 1 aromatic heterocycles. The summed E-state index contributed by atoms with van der Waals surface area (Å²) in [7, 11) is 0. The first-order valence-corrected chi connectivity index (χ1v) is 11.0. The number of aromatic amines is 1. The molecule has 2 amide bonds. The fraction of sp³-hybridized carbons (Fsp3) is 0.700. The molecule has 7 heteroatoms. The number of amides is 2. The van der Waals surface area contributed by atoms with Crippen LogP contribution in [0.1, 0.15) is 76.0 Å². The van der Waals surface area contributed by atoms with Crippen LogP contribution in [0, 0.1) is 0 Å². The van der Waals surface area contributed by atoms with E-state index in [1.165, 1.54) is 6.42 Å². The fourth-order valence-electron chi connectivity index (χ4n) is 2.71. The Labute approximate surface area is 166 Å². The molecule has 0 radical (unpaired) electrons. The van der Waals surface area contributed by atoms with E-state index in [9.17, 15) is 14.7 Å². The molecule has 154 valence electrons. The minimum Gasteiger partial charge on any atom is -0.494 e. The van der Waals surface area contributed by atoms with Crippen LogP contribution >= 0.6 is 11.3 Å². The number of thiazole rings is 1. The number of nitrogens with one attached hydrogen (secondary N) is 3. The zero-order valence-corrected chi connectivity index (χ0v) is 17.3. The van der Waals surface area contributed by atoms with Crippen molar-refractivity contribution in [2.75, 3.05) is 13.1 Å². The number of urea groups is 1. The normalized spacial score (nSPS) is 11.1. The SMILES string of the molecule is CCCCCNC(=O)NCCCCC=CCCCCCc1sc(=O)[nH]c1O. The Kier molecular flexibility index (Phi) is 13.2. The van der Waals surface area contributed by atoms with E-state index in [-0.39, 0.29) is 16.8 Å². The second-order valence-electron chi connectivity index (χ2n) is 6.74. The van der Waals surface area contributed by atoms with Crippen molar-refractivity contribution in [3.05, 3.63) is 26.7 Å². The molecule has 0 saturated carbocycles. The second-order valence-corrected chi connectivity index (χ2v) is 7.81. The summed E-state index contributed by atoms with van der Waals surface area (Å²) in [6, 6.07) is -0.0538. The van der Waals surface area contributed by atoms with E-state index in [2.05, 4.69) is 34.7 Å². The van der Waals surface area contributed by atoms with Crippen LogP contribution in [0.3, 0.4) is 0 Å². The third-order valence-corrected chi connectivity index (χ3v) is 5.22. The van der Waals surface area contributed by atoms with Gasteiger partial charge in [0.2, 0.25) is 5.88 Å². The highest BCUT2D eigenvalue weighted by Gasteiger charge is 2.05. The number of unbranched alkanes of at least 4 members (excludes halogenated alkanes) is 7. The van der Waals surface area contributed by atoms with Crippen molar-refractivity contribution in [3.63, 3.8) is 0 Å².